The average Bonchev–Trinajstić information content (AvgIpc) is 4.14. The summed E-state index contributed by atoms with van der Waals surface area (Å²) in [5.74, 6) is 2.41. The van der Waals surface area contributed by atoms with E-state index in [1.807, 2.05) is 35.2 Å². The molecule has 0 unspecified atom stereocenters. The molecule has 2 saturated carbocycles. The zero-order chi connectivity index (χ0) is 51.6. The third kappa shape index (κ3) is 9.74. The predicted molar refractivity (Wildman–Crippen MR) is 287 cm³/mol. The van der Waals surface area contributed by atoms with Crippen LogP contribution in [0.5, 0.6) is 5.88 Å². The van der Waals surface area contributed by atoms with E-state index >= 15 is 0 Å². The summed E-state index contributed by atoms with van der Waals surface area (Å²) in [6.45, 7) is 11.0. The maximum atomic E-state index is 14.8. The van der Waals surface area contributed by atoms with E-state index in [0.29, 0.717) is 64.7 Å². The van der Waals surface area contributed by atoms with Gasteiger partial charge in [-0.1, -0.05) is 11.6 Å². The molecule has 2 spiro atoms. The van der Waals surface area contributed by atoms with E-state index in [-0.39, 0.29) is 29.0 Å². The van der Waals surface area contributed by atoms with E-state index in [1.165, 1.54) is 31.4 Å². The number of alkyl halides is 2. The zero-order valence-electron chi connectivity index (χ0n) is 43.9. The minimum Gasteiger partial charge on any atom is -0.473 e. The molecule has 1 amide bonds. The summed E-state index contributed by atoms with van der Waals surface area (Å²) in [6.07, 6.45) is 18.1. The Morgan fingerprint density at radius 2 is 1.65 bits per heavy atom. The highest BCUT2D eigenvalue weighted by molar-refractivity contribution is 6.32. The van der Waals surface area contributed by atoms with Crippen LogP contribution >= 0.6 is 11.6 Å². The lowest BCUT2D eigenvalue weighted by Gasteiger charge is -2.48. The first-order chi connectivity index (χ1) is 36.3. The summed E-state index contributed by atoms with van der Waals surface area (Å²) in [5.41, 5.74) is 7.59. The number of aromatic nitrogens is 6. The van der Waals surface area contributed by atoms with Crippen LogP contribution in [0.4, 0.5) is 31.8 Å². The second-order valence-electron chi connectivity index (χ2n) is 23.4. The number of rotatable bonds is 9. The van der Waals surface area contributed by atoms with Crippen molar-refractivity contribution in [1.82, 2.24) is 39.6 Å². The van der Waals surface area contributed by atoms with Crippen molar-refractivity contribution in [2.75, 3.05) is 60.5 Å². The van der Waals surface area contributed by atoms with Crippen molar-refractivity contribution in [3.8, 4) is 23.1 Å². The van der Waals surface area contributed by atoms with Crippen LogP contribution in [0, 0.1) is 22.2 Å². The first-order valence-electron chi connectivity index (χ1n) is 27.9. The highest BCUT2D eigenvalue weighted by atomic mass is 35.5. The molecule has 7 aliphatic rings. The van der Waals surface area contributed by atoms with Gasteiger partial charge < -0.3 is 29.2 Å². The van der Waals surface area contributed by atoms with Gasteiger partial charge in [0.1, 0.15) is 12.2 Å². The molecule has 8 heterocycles. The van der Waals surface area contributed by atoms with E-state index in [2.05, 4.69) is 58.6 Å². The Morgan fingerprint density at radius 1 is 0.880 bits per heavy atom. The van der Waals surface area contributed by atoms with Crippen molar-refractivity contribution in [3.05, 3.63) is 87.8 Å². The average molecular weight is 1040 g/mol. The van der Waals surface area contributed by atoms with Crippen molar-refractivity contribution in [2.45, 2.75) is 154 Å². The summed E-state index contributed by atoms with van der Waals surface area (Å²) < 4.78 is 40.1. The Hall–Kier alpha value is -5.79. The largest absolute Gasteiger partial charge is 0.473 e. The molecule has 0 bridgehead atoms. The van der Waals surface area contributed by atoms with Crippen molar-refractivity contribution in [1.29, 1.82) is 5.26 Å². The van der Waals surface area contributed by atoms with Gasteiger partial charge in [-0.05, 0) is 175 Å². The number of nitrogens with zero attached hydrogens (tertiary/aromatic N) is 12. The summed E-state index contributed by atoms with van der Waals surface area (Å²) >= 11 is 6.42. The molecule has 17 heteroatoms. The van der Waals surface area contributed by atoms with Crippen LogP contribution in [-0.2, 0) is 31.2 Å². The van der Waals surface area contributed by atoms with Gasteiger partial charge in [-0.2, -0.15) is 15.5 Å². The quantitative estimate of drug-likeness (QED) is 0.140. The number of carbonyl (C=O) groups is 1. The zero-order valence-corrected chi connectivity index (χ0v) is 44.6. The first-order valence-corrected chi connectivity index (χ1v) is 28.2. The molecule has 3 aromatic heterocycles. The van der Waals surface area contributed by atoms with Crippen LogP contribution in [0.15, 0.2) is 54.9 Å². The summed E-state index contributed by atoms with van der Waals surface area (Å²) in [5, 5.41) is 28.8. The molecule has 5 aliphatic heterocycles. The van der Waals surface area contributed by atoms with E-state index in [0.717, 1.165) is 144 Å². The number of hydrogen-bond acceptors (Lipinski definition) is 11. The van der Waals surface area contributed by atoms with Crippen LogP contribution in [-0.4, -0.2) is 109 Å². The molecule has 1 atom stereocenters. The van der Waals surface area contributed by atoms with Gasteiger partial charge in [0.2, 0.25) is 11.8 Å². The third-order valence-electron chi connectivity index (χ3n) is 19.0. The van der Waals surface area contributed by atoms with E-state index < -0.39 is 6.43 Å². The molecule has 12 rings (SSSR count). The number of aryl methyl sites for hydroxylation is 2. The van der Waals surface area contributed by atoms with Crippen LogP contribution in [0.2, 0.25) is 5.02 Å². The Balaban J connectivity index is 0.631. The monoisotopic (exact) mass is 1040 g/mol. The van der Waals surface area contributed by atoms with Gasteiger partial charge in [0.25, 0.3) is 6.43 Å². The Bertz CT molecular complexity index is 2940. The van der Waals surface area contributed by atoms with Crippen molar-refractivity contribution >= 4 is 40.5 Å². The molecule has 2 aromatic carbocycles. The molecule has 396 valence electrons. The predicted octanol–water partition coefficient (Wildman–Crippen LogP) is 11.0. The van der Waals surface area contributed by atoms with Gasteiger partial charge in [0.15, 0.2) is 11.6 Å². The van der Waals surface area contributed by atoms with Crippen molar-refractivity contribution in [2.24, 2.45) is 17.9 Å². The van der Waals surface area contributed by atoms with E-state index in [1.54, 1.807) is 37.1 Å². The highest BCUT2D eigenvalue weighted by Crippen LogP contribution is 2.51. The number of halogens is 3. The molecule has 2 aliphatic carbocycles. The molecule has 3 saturated heterocycles. The minimum atomic E-state index is -2.64. The number of likely N-dealkylation sites (tertiary alicyclic amines) is 1. The van der Waals surface area contributed by atoms with Gasteiger partial charge in [-0.25, -0.2) is 8.78 Å². The summed E-state index contributed by atoms with van der Waals surface area (Å²) in [4.78, 5) is 24.5. The summed E-state index contributed by atoms with van der Waals surface area (Å²) in [6, 6.07) is 17.0. The second kappa shape index (κ2) is 20.3. The number of fused-ring (bicyclic) bond motifs is 2. The lowest BCUT2D eigenvalue weighted by atomic mass is 9.66. The SMILES string of the molecule is CC(=O)N1CCc2c(c(N3CCCc4cc(-c5cnn(C)c5)c(C(F)F)cc43)nn2C2CCC3(CC2)CCN(C2CCC(Oc4ccc(N5CCC6(CC5)C[C@H](C)N(c5ccc(C#N)c(Cl)c5)C6)nn4)CC2)CC3)C1. The lowest BCUT2D eigenvalue weighted by Crippen LogP contribution is -2.48. The number of anilines is 4. The minimum absolute atomic E-state index is 0.00901. The fourth-order valence-electron chi connectivity index (χ4n) is 14.7. The molecule has 0 radical (unpaired) electrons. The molecule has 75 heavy (non-hydrogen) atoms. The number of benzene rings is 2. The van der Waals surface area contributed by atoms with Crippen LogP contribution in [0.25, 0.3) is 11.1 Å². The van der Waals surface area contributed by atoms with Crippen LogP contribution < -0.4 is 19.4 Å². The molecule has 14 nitrogen and oxygen atoms in total. The molecule has 0 N–H and O–H groups in total. The van der Waals surface area contributed by atoms with Crippen molar-refractivity contribution in [3.63, 3.8) is 0 Å². The standard InChI is InChI=1S/C58H71ClF2N12O2/c1-38-32-58(37-72(38)45-7-6-41(33-62)50(59)30-45)21-27-69(28-22-58)53-12-13-54(65-64-53)75-46-10-8-43(9-11-46)68-25-19-57(20-26-68)17-14-44(15-18-57)73-51-16-24-70(39(2)74)36-49(51)56(66-73)71-23-4-5-40-29-47(42-34-63-67(3)35-42)48(55(60)61)31-52(40)71/h6-7,12-13,29-31,34-35,38,43-44,46,55H,4-5,8-11,14-28,32,36-37H2,1-3H3/t38-,43?,46?/m0/s1. The third-order valence-corrected chi connectivity index (χ3v) is 19.3. The van der Waals surface area contributed by atoms with Crippen LogP contribution in [0.3, 0.4) is 0 Å². The van der Waals surface area contributed by atoms with Gasteiger partial charge >= 0.3 is 0 Å². The van der Waals surface area contributed by atoms with Gasteiger partial charge in [0.05, 0.1) is 29.4 Å². The number of piperidine rings is 2. The fraction of sp³-hybridized carbons (Fsp3) is 0.586. The number of nitriles is 1. The maximum absolute atomic E-state index is 14.8. The fourth-order valence-corrected chi connectivity index (χ4v) is 14.9. The van der Waals surface area contributed by atoms with Gasteiger partial charge in [0, 0.05) is 111 Å². The first kappa shape index (κ1) is 50.1. The number of hydrogen-bond donors (Lipinski definition) is 0. The Labute approximate surface area is 444 Å². The van der Waals surface area contributed by atoms with Gasteiger partial charge in [-0.15, -0.1) is 10.2 Å². The number of carbonyl (C=O) groups excluding carboxylic acids is 1. The normalized spacial score (nSPS) is 23.9. The van der Waals surface area contributed by atoms with Crippen LogP contribution in [0.1, 0.15) is 144 Å². The second-order valence-corrected chi connectivity index (χ2v) is 23.8. The summed E-state index contributed by atoms with van der Waals surface area (Å²) in [7, 11) is 1.80. The van der Waals surface area contributed by atoms with Gasteiger partial charge in [-0.3, -0.25) is 14.2 Å². The molecule has 5 aromatic rings. The topological polar surface area (TPSA) is 128 Å². The molecular formula is C58H71ClF2N12O2. The van der Waals surface area contributed by atoms with E-state index in [4.69, 9.17) is 21.4 Å². The van der Waals surface area contributed by atoms with E-state index in [9.17, 15) is 18.8 Å². The lowest BCUT2D eigenvalue weighted by molar-refractivity contribution is -0.129. The number of amides is 1. The Morgan fingerprint density at radius 3 is 2.33 bits per heavy atom. The Kier molecular flexibility index (Phi) is 13.5. The highest BCUT2D eigenvalue weighted by Gasteiger charge is 2.45. The molecular weight excluding hydrogens is 970 g/mol. The molecule has 5 fully saturated rings. The smallest absolute Gasteiger partial charge is 0.264 e. The maximum Gasteiger partial charge on any atom is 0.264 e. The van der Waals surface area contributed by atoms with Crippen molar-refractivity contribution < 1.29 is 18.3 Å². The number of ether oxygens (including phenoxy) is 1.